The van der Waals surface area contributed by atoms with Gasteiger partial charge in [-0.05, 0) is 43.2 Å². The number of benzene rings is 2. The lowest BCUT2D eigenvalue weighted by Crippen LogP contribution is -2.32. The highest BCUT2D eigenvalue weighted by Gasteiger charge is 2.16. The van der Waals surface area contributed by atoms with Crippen molar-refractivity contribution in [2.24, 2.45) is 5.14 Å². The summed E-state index contributed by atoms with van der Waals surface area (Å²) in [5.41, 5.74) is 0.757. The molecule has 12 heteroatoms. The van der Waals surface area contributed by atoms with Gasteiger partial charge in [-0.2, -0.15) is 8.42 Å². The van der Waals surface area contributed by atoms with E-state index >= 15 is 0 Å². The summed E-state index contributed by atoms with van der Waals surface area (Å²) in [6, 6.07) is 10.8. The Hall–Kier alpha value is -2.38. The van der Waals surface area contributed by atoms with E-state index < -0.39 is 20.4 Å². The fraction of sp³-hybridized carbons (Fsp3) is 0.333. The van der Waals surface area contributed by atoms with Crippen LogP contribution in [0.4, 0.5) is 0 Å². The number of hydrogen-bond donors (Lipinski definition) is 3. The van der Waals surface area contributed by atoms with Gasteiger partial charge in [-0.1, -0.05) is 18.2 Å². The van der Waals surface area contributed by atoms with Crippen LogP contribution in [0.1, 0.15) is 12.5 Å². The first-order chi connectivity index (χ1) is 14.0. The SMILES string of the molecule is COc1ccc(C[C@@H](C)NCCOc2ccccc2OS(=O)(=O)O)cc1S(N)(=O)=O. The molecule has 0 aliphatic heterocycles. The molecule has 1 atom stereocenters. The first-order valence-electron chi connectivity index (χ1n) is 8.81. The smallest absolute Gasteiger partial charge is 0.446 e. The lowest BCUT2D eigenvalue weighted by atomic mass is 10.1. The molecule has 0 amide bonds. The molecular formula is C18H24N2O8S2. The van der Waals surface area contributed by atoms with Crippen LogP contribution in [0.25, 0.3) is 0 Å². The minimum atomic E-state index is -4.65. The maximum atomic E-state index is 11.7. The molecule has 0 aliphatic rings. The molecule has 0 unspecified atom stereocenters. The van der Waals surface area contributed by atoms with E-state index in [-0.39, 0.29) is 34.8 Å². The van der Waals surface area contributed by atoms with Gasteiger partial charge in [0.2, 0.25) is 10.0 Å². The minimum absolute atomic E-state index is 0.0281. The van der Waals surface area contributed by atoms with E-state index in [2.05, 4.69) is 9.50 Å². The maximum Gasteiger partial charge on any atom is 0.446 e. The van der Waals surface area contributed by atoms with E-state index in [1.807, 2.05) is 6.92 Å². The van der Waals surface area contributed by atoms with E-state index in [9.17, 15) is 16.8 Å². The summed E-state index contributed by atoms with van der Waals surface area (Å²) in [5, 5.41) is 8.44. The lowest BCUT2D eigenvalue weighted by Gasteiger charge is -2.16. The summed E-state index contributed by atoms with van der Waals surface area (Å²) in [6.45, 7) is 2.52. The standard InChI is InChI=1S/C18H24N2O8S2/c1-13(11-14-7-8-17(26-2)18(12-14)29(19,21)22)20-9-10-27-15-5-3-4-6-16(15)28-30(23,24)25/h3-8,12-13,20H,9-11H2,1-2H3,(H2,19,21,22)(H,23,24,25)/t13-/m1/s1. The van der Waals surface area contributed by atoms with Crippen molar-refractivity contribution in [2.75, 3.05) is 20.3 Å². The Morgan fingerprint density at radius 2 is 1.73 bits per heavy atom. The van der Waals surface area contributed by atoms with Gasteiger partial charge in [0.25, 0.3) is 0 Å². The second kappa shape index (κ2) is 10.1. The summed E-state index contributed by atoms with van der Waals surface area (Å²) in [4.78, 5) is -0.0755. The van der Waals surface area contributed by atoms with Crippen LogP contribution in [-0.4, -0.2) is 47.7 Å². The molecule has 0 heterocycles. The molecule has 0 spiro atoms. The van der Waals surface area contributed by atoms with Gasteiger partial charge in [-0.25, -0.2) is 13.6 Å². The number of para-hydroxylation sites is 2. The van der Waals surface area contributed by atoms with Crippen molar-refractivity contribution in [1.29, 1.82) is 0 Å². The highest BCUT2D eigenvalue weighted by molar-refractivity contribution is 7.89. The summed E-state index contributed by atoms with van der Waals surface area (Å²) in [6.07, 6.45) is 0.523. The van der Waals surface area contributed by atoms with Crippen LogP contribution >= 0.6 is 0 Å². The minimum Gasteiger partial charge on any atom is -0.495 e. The number of primary sulfonamides is 1. The largest absolute Gasteiger partial charge is 0.495 e. The Balaban J connectivity index is 1.90. The van der Waals surface area contributed by atoms with Gasteiger partial charge in [-0.3, -0.25) is 4.55 Å². The molecule has 4 N–H and O–H groups in total. The third-order valence-electron chi connectivity index (χ3n) is 3.97. The maximum absolute atomic E-state index is 11.7. The van der Waals surface area contributed by atoms with Crippen LogP contribution in [-0.2, 0) is 26.8 Å². The molecule has 30 heavy (non-hydrogen) atoms. The number of nitrogens with two attached hydrogens (primary N) is 1. The van der Waals surface area contributed by atoms with Crippen molar-refractivity contribution in [3.05, 3.63) is 48.0 Å². The Kier molecular flexibility index (Phi) is 8.03. The van der Waals surface area contributed by atoms with Crippen LogP contribution in [0.5, 0.6) is 17.2 Å². The first kappa shape index (κ1) is 23.9. The van der Waals surface area contributed by atoms with Crippen molar-refractivity contribution >= 4 is 20.4 Å². The zero-order valence-corrected chi connectivity index (χ0v) is 18.1. The van der Waals surface area contributed by atoms with Gasteiger partial charge >= 0.3 is 10.4 Å². The third-order valence-corrected chi connectivity index (χ3v) is 5.30. The number of methoxy groups -OCH3 is 1. The third kappa shape index (κ3) is 7.46. The summed E-state index contributed by atoms with van der Waals surface area (Å²) < 4.78 is 69.0. The highest BCUT2D eigenvalue weighted by atomic mass is 32.3. The van der Waals surface area contributed by atoms with Gasteiger partial charge in [0.1, 0.15) is 17.3 Å². The van der Waals surface area contributed by atoms with Crippen LogP contribution < -0.4 is 24.1 Å². The summed E-state index contributed by atoms with van der Waals surface area (Å²) in [5.74, 6) is 0.223. The molecule has 2 aromatic carbocycles. The topological polar surface area (TPSA) is 154 Å². The Morgan fingerprint density at radius 3 is 2.33 bits per heavy atom. The molecule has 10 nitrogen and oxygen atoms in total. The van der Waals surface area contributed by atoms with Crippen LogP contribution in [0.15, 0.2) is 47.4 Å². The van der Waals surface area contributed by atoms with E-state index in [1.165, 1.54) is 25.3 Å². The van der Waals surface area contributed by atoms with Gasteiger partial charge in [0.15, 0.2) is 11.5 Å². The molecule has 0 bridgehead atoms. The van der Waals surface area contributed by atoms with Crippen molar-refractivity contribution < 1.29 is 35.0 Å². The zero-order valence-electron chi connectivity index (χ0n) is 16.4. The average molecular weight is 461 g/mol. The van der Waals surface area contributed by atoms with Gasteiger partial charge in [0, 0.05) is 12.6 Å². The molecule has 0 aromatic heterocycles. The molecule has 0 saturated heterocycles. The van der Waals surface area contributed by atoms with Crippen LogP contribution in [0.2, 0.25) is 0 Å². The lowest BCUT2D eigenvalue weighted by molar-refractivity contribution is 0.294. The van der Waals surface area contributed by atoms with Gasteiger partial charge < -0.3 is 19.0 Å². The van der Waals surface area contributed by atoms with Gasteiger partial charge in [0.05, 0.1) is 7.11 Å². The quantitative estimate of drug-likeness (QED) is 0.330. The Morgan fingerprint density at radius 1 is 1.07 bits per heavy atom. The predicted octanol–water partition coefficient (Wildman–Crippen LogP) is 1.12. The van der Waals surface area contributed by atoms with Crippen molar-refractivity contribution in [1.82, 2.24) is 5.32 Å². The highest BCUT2D eigenvalue weighted by Crippen LogP contribution is 2.27. The number of nitrogens with one attached hydrogen (secondary N) is 1. The summed E-state index contributed by atoms with van der Waals surface area (Å²) in [7, 11) is -7.20. The average Bonchev–Trinajstić information content (AvgIpc) is 2.64. The van der Waals surface area contributed by atoms with E-state index in [4.69, 9.17) is 19.2 Å². The van der Waals surface area contributed by atoms with Crippen molar-refractivity contribution in [2.45, 2.75) is 24.3 Å². The molecule has 0 radical (unpaired) electrons. The second-order valence-electron chi connectivity index (χ2n) is 6.40. The van der Waals surface area contributed by atoms with E-state index in [1.54, 1.807) is 24.3 Å². The van der Waals surface area contributed by atoms with E-state index in [0.29, 0.717) is 13.0 Å². The second-order valence-corrected chi connectivity index (χ2v) is 8.95. The van der Waals surface area contributed by atoms with E-state index in [0.717, 1.165) is 5.56 Å². The molecule has 0 fully saturated rings. The summed E-state index contributed by atoms with van der Waals surface area (Å²) >= 11 is 0. The normalized spacial score (nSPS) is 12.9. The molecule has 0 aliphatic carbocycles. The number of sulfonamides is 1. The number of ether oxygens (including phenoxy) is 2. The molecule has 0 saturated carbocycles. The fourth-order valence-corrected chi connectivity index (χ4v) is 3.83. The number of rotatable bonds is 11. The number of hydrogen-bond acceptors (Lipinski definition) is 8. The zero-order chi connectivity index (χ0) is 22.4. The van der Waals surface area contributed by atoms with Crippen LogP contribution in [0.3, 0.4) is 0 Å². The van der Waals surface area contributed by atoms with Gasteiger partial charge in [-0.15, -0.1) is 0 Å². The first-order valence-corrected chi connectivity index (χ1v) is 11.7. The fourth-order valence-electron chi connectivity index (χ4n) is 2.71. The Bertz CT molecular complexity index is 1070. The van der Waals surface area contributed by atoms with Crippen molar-refractivity contribution in [3.63, 3.8) is 0 Å². The predicted molar refractivity (Wildman–Crippen MR) is 110 cm³/mol. The molecule has 2 aromatic rings. The monoisotopic (exact) mass is 460 g/mol. The molecule has 2 rings (SSSR count). The Labute approximate surface area is 176 Å². The molecule has 166 valence electrons. The van der Waals surface area contributed by atoms with Crippen LogP contribution in [0, 0.1) is 0 Å². The molecular weight excluding hydrogens is 436 g/mol. The van der Waals surface area contributed by atoms with Crippen molar-refractivity contribution in [3.8, 4) is 17.2 Å².